The van der Waals surface area contributed by atoms with E-state index in [4.69, 9.17) is 19.6 Å². The van der Waals surface area contributed by atoms with Gasteiger partial charge < -0.3 is 19.6 Å². The maximum atomic E-state index is 12.9. The number of phosphoric acid groups is 2. The summed E-state index contributed by atoms with van der Waals surface area (Å²) in [6.07, 6.45) is 3.46. The van der Waals surface area contributed by atoms with Crippen LogP contribution in [0.1, 0.15) is 0 Å². The van der Waals surface area contributed by atoms with Gasteiger partial charge in [0.1, 0.15) is 13.5 Å². The number of rotatable bonds is 6. The number of allylic oxidation sites excluding steroid dienone is 2. The minimum Gasteiger partial charge on any atom is -0.303 e. The molecule has 0 aromatic carbocycles. The highest BCUT2D eigenvalue weighted by molar-refractivity contribution is 7.46. The van der Waals surface area contributed by atoms with E-state index in [1.165, 1.54) is 0 Å². The fourth-order valence-corrected chi connectivity index (χ4v) is 6.78. The van der Waals surface area contributed by atoms with E-state index >= 15 is 0 Å². The summed E-state index contributed by atoms with van der Waals surface area (Å²) in [7, 11) is -9.83. The molecule has 0 spiro atoms. The monoisotopic (exact) mass is 492 g/mol. The van der Waals surface area contributed by atoms with E-state index in [0.29, 0.717) is 9.80 Å². The minimum atomic E-state index is -4.92. The van der Waals surface area contributed by atoms with Crippen molar-refractivity contribution in [2.24, 2.45) is 47.3 Å². The van der Waals surface area contributed by atoms with Crippen LogP contribution >= 0.6 is 15.6 Å². The predicted octanol–water partition coefficient (Wildman–Crippen LogP) is -1.62. The molecule has 2 heterocycles. The second kappa shape index (κ2) is 6.87. The van der Waals surface area contributed by atoms with Crippen LogP contribution in [0.4, 0.5) is 0 Å². The maximum absolute atomic E-state index is 12.9. The summed E-state index contributed by atoms with van der Waals surface area (Å²) in [4.78, 5) is 88.3. The standard InChI is InChI=1S/C16H18N2O12P2/c19-13-9-5-1-2-6(10(9)14(20)17(13)3-29-31(23,24)25)8-7(5)11-12(8)16(22)18(15(11)21)4-30-32(26,27)28/h1-2,5-12H,3-4H2,(H2,23,24,25)(H2,26,27,28)/t5-,6-,7-,8+,9-,10-,11-,12-/m1/s1. The Bertz CT molecular complexity index is 1010. The van der Waals surface area contributed by atoms with Crippen molar-refractivity contribution in [2.75, 3.05) is 13.5 Å². The van der Waals surface area contributed by atoms with E-state index in [-0.39, 0.29) is 0 Å². The molecule has 4 fully saturated rings. The fraction of sp³-hybridized carbons (Fsp3) is 0.625. The molecule has 0 radical (unpaired) electrons. The van der Waals surface area contributed by atoms with Gasteiger partial charge in [0.25, 0.3) is 0 Å². The largest absolute Gasteiger partial charge is 0.471 e. The topological polar surface area (TPSA) is 208 Å². The number of likely N-dealkylation sites (tertiary alicyclic amines) is 2. The van der Waals surface area contributed by atoms with E-state index in [9.17, 15) is 28.3 Å². The van der Waals surface area contributed by atoms with Crippen LogP contribution in [0.5, 0.6) is 0 Å². The summed E-state index contributed by atoms with van der Waals surface area (Å²) in [6, 6.07) is 0. The third-order valence-corrected chi connectivity index (χ3v) is 8.14. The fourth-order valence-electron chi connectivity index (χ4n) is 6.24. The molecular formula is C16H18N2O12P2. The first-order chi connectivity index (χ1) is 14.8. The number of hydrogen-bond donors (Lipinski definition) is 4. The third kappa shape index (κ3) is 3.02. The second-order valence-corrected chi connectivity index (χ2v) is 11.0. The van der Waals surface area contributed by atoms with Gasteiger partial charge in [0.2, 0.25) is 23.6 Å². The Morgan fingerprint density at radius 1 is 0.656 bits per heavy atom. The summed E-state index contributed by atoms with van der Waals surface area (Å²) >= 11 is 0. The molecule has 2 bridgehead atoms. The zero-order chi connectivity index (χ0) is 23.3. The van der Waals surface area contributed by atoms with E-state index in [1.54, 1.807) is 12.2 Å². The molecule has 8 atom stereocenters. The smallest absolute Gasteiger partial charge is 0.303 e. The van der Waals surface area contributed by atoms with Crippen molar-refractivity contribution >= 4 is 39.3 Å². The van der Waals surface area contributed by atoms with Crippen LogP contribution in [0, 0.1) is 47.3 Å². The van der Waals surface area contributed by atoms with Crippen molar-refractivity contribution < 1.29 is 56.9 Å². The van der Waals surface area contributed by atoms with Crippen LogP contribution in [0.2, 0.25) is 0 Å². The molecule has 6 aliphatic rings. The zero-order valence-electron chi connectivity index (χ0n) is 16.0. The van der Waals surface area contributed by atoms with Crippen LogP contribution in [-0.4, -0.2) is 66.5 Å². The van der Waals surface area contributed by atoms with Gasteiger partial charge in [-0.25, -0.2) is 9.13 Å². The second-order valence-electron chi connectivity index (χ2n) is 8.50. The van der Waals surface area contributed by atoms with E-state index in [1.807, 2.05) is 0 Å². The lowest BCUT2D eigenvalue weighted by Gasteiger charge is -2.60. The molecule has 2 aliphatic heterocycles. The molecule has 2 saturated heterocycles. The molecule has 2 saturated carbocycles. The van der Waals surface area contributed by atoms with Crippen molar-refractivity contribution in [3.63, 3.8) is 0 Å². The van der Waals surface area contributed by atoms with Crippen LogP contribution in [-0.2, 0) is 37.4 Å². The Hall–Kier alpha value is -1.76. The molecular weight excluding hydrogens is 474 g/mol. The lowest BCUT2D eigenvalue weighted by atomic mass is 9.40. The molecule has 14 nitrogen and oxygen atoms in total. The lowest BCUT2D eigenvalue weighted by molar-refractivity contribution is -0.166. The number of carbonyl (C=O) groups excluding carboxylic acids is 4. The van der Waals surface area contributed by atoms with Gasteiger partial charge in [0.05, 0.1) is 23.7 Å². The van der Waals surface area contributed by atoms with Gasteiger partial charge in [0, 0.05) is 0 Å². The summed E-state index contributed by atoms with van der Waals surface area (Å²) in [5.74, 6) is -7.84. The van der Waals surface area contributed by atoms with Crippen molar-refractivity contribution in [1.82, 2.24) is 9.80 Å². The highest BCUT2D eigenvalue weighted by Crippen LogP contribution is 2.68. The molecule has 0 unspecified atom stereocenters. The Morgan fingerprint density at radius 3 is 1.28 bits per heavy atom. The van der Waals surface area contributed by atoms with Crippen molar-refractivity contribution in [3.8, 4) is 0 Å². The van der Waals surface area contributed by atoms with Gasteiger partial charge in [-0.2, -0.15) is 0 Å². The Kier molecular flexibility index (Phi) is 4.74. The molecule has 6 rings (SSSR count). The zero-order valence-corrected chi connectivity index (χ0v) is 17.8. The molecule has 16 heteroatoms. The number of carbonyl (C=O) groups is 4. The van der Waals surface area contributed by atoms with Crippen molar-refractivity contribution in [1.29, 1.82) is 0 Å². The lowest BCUT2D eigenvalue weighted by Crippen LogP contribution is -2.63. The van der Waals surface area contributed by atoms with E-state index in [2.05, 4.69) is 9.05 Å². The predicted molar refractivity (Wildman–Crippen MR) is 96.8 cm³/mol. The molecule has 0 aromatic rings. The van der Waals surface area contributed by atoms with E-state index in [0.717, 1.165) is 0 Å². The SMILES string of the molecule is O=C1[C@@H]2[C@@H]3C=C[C@@H]([C@H]2C(=O)N1COP(=O)(O)O)[C@H]1[C@H]2C(=O)N(COP(=O)(O)O)C(=O)[C@@H]2[C@@H]31. The van der Waals surface area contributed by atoms with Crippen molar-refractivity contribution in [2.45, 2.75) is 0 Å². The molecule has 32 heavy (non-hydrogen) atoms. The van der Waals surface area contributed by atoms with Crippen LogP contribution < -0.4 is 0 Å². The Labute approximate surface area is 179 Å². The first-order valence-electron chi connectivity index (χ1n) is 9.61. The first kappa shape index (κ1) is 22.1. The quantitative estimate of drug-likeness (QED) is 0.187. The minimum absolute atomic E-state index is 0.424. The normalized spacial score (nSPS) is 40.0. The molecule has 4 aliphatic carbocycles. The highest BCUT2D eigenvalue weighted by atomic mass is 31.2. The van der Waals surface area contributed by atoms with E-state index < -0.39 is 100 Å². The van der Waals surface area contributed by atoms with Gasteiger partial charge in [-0.15, -0.1) is 0 Å². The number of imide groups is 2. The average molecular weight is 492 g/mol. The maximum Gasteiger partial charge on any atom is 0.471 e. The van der Waals surface area contributed by atoms with Gasteiger partial charge in [-0.1, -0.05) is 12.2 Å². The molecule has 4 N–H and O–H groups in total. The average Bonchev–Trinajstić information content (AvgIpc) is 3.02. The van der Waals surface area contributed by atoms with Crippen LogP contribution in [0.3, 0.4) is 0 Å². The molecule has 174 valence electrons. The van der Waals surface area contributed by atoms with Gasteiger partial charge in [-0.3, -0.25) is 38.0 Å². The number of amides is 4. The highest BCUT2D eigenvalue weighted by Gasteiger charge is 2.75. The van der Waals surface area contributed by atoms with Crippen molar-refractivity contribution in [3.05, 3.63) is 12.2 Å². The van der Waals surface area contributed by atoms with Crippen LogP contribution in [0.15, 0.2) is 12.2 Å². The summed E-state index contributed by atoms with van der Waals surface area (Å²) in [5, 5.41) is 0. The molecule has 0 aromatic heterocycles. The Morgan fingerprint density at radius 2 is 0.969 bits per heavy atom. The Balaban J connectivity index is 1.40. The number of phosphoric ester groups is 2. The van der Waals surface area contributed by atoms with Gasteiger partial charge in [-0.05, 0) is 23.7 Å². The first-order valence-corrected chi connectivity index (χ1v) is 12.7. The summed E-state index contributed by atoms with van der Waals surface area (Å²) in [5.41, 5.74) is 0. The molecule has 4 amide bonds. The summed E-state index contributed by atoms with van der Waals surface area (Å²) < 4.78 is 30.6. The van der Waals surface area contributed by atoms with Gasteiger partial charge in [0.15, 0.2) is 0 Å². The van der Waals surface area contributed by atoms with Gasteiger partial charge >= 0.3 is 15.6 Å². The number of hydrogen-bond acceptors (Lipinski definition) is 8. The third-order valence-electron chi connectivity index (χ3n) is 7.24. The summed E-state index contributed by atoms with van der Waals surface area (Å²) in [6.45, 7) is -1.79. The number of nitrogens with zero attached hydrogens (tertiary/aromatic N) is 2. The number of fused-ring (bicyclic) bond motifs is 1. The van der Waals surface area contributed by atoms with Crippen LogP contribution in [0.25, 0.3) is 0 Å².